The summed E-state index contributed by atoms with van der Waals surface area (Å²) in [6.07, 6.45) is 2.16. The lowest BCUT2D eigenvalue weighted by molar-refractivity contribution is -0.113. The van der Waals surface area contributed by atoms with E-state index in [9.17, 15) is 9.59 Å². The van der Waals surface area contributed by atoms with Crippen LogP contribution < -0.4 is 10.6 Å². The molecule has 0 aliphatic rings. The van der Waals surface area contributed by atoms with Crippen molar-refractivity contribution < 1.29 is 9.59 Å². The van der Waals surface area contributed by atoms with E-state index in [4.69, 9.17) is 34.8 Å². The fraction of sp³-hybridized carbons (Fsp3) is 0.182. The summed E-state index contributed by atoms with van der Waals surface area (Å²) in [7, 11) is 0. The summed E-state index contributed by atoms with van der Waals surface area (Å²) in [5, 5.41) is 15.8. The maximum absolute atomic E-state index is 12.4. The smallest absolute Gasteiger partial charge is 0.251 e. The molecule has 1 aromatic heterocycles. The van der Waals surface area contributed by atoms with Gasteiger partial charge in [-0.25, -0.2) is 0 Å². The van der Waals surface area contributed by atoms with E-state index in [-0.39, 0.29) is 17.6 Å². The molecule has 0 spiro atoms. The molecule has 0 saturated heterocycles. The first kappa shape index (κ1) is 26.6. The van der Waals surface area contributed by atoms with Gasteiger partial charge in [0.05, 0.1) is 20.8 Å². The van der Waals surface area contributed by atoms with Gasteiger partial charge in [-0.05, 0) is 52.3 Å². The summed E-state index contributed by atoms with van der Waals surface area (Å²) in [5.41, 5.74) is 1.01. The molecular weight excluding hydrogens is 585 g/mol. The van der Waals surface area contributed by atoms with E-state index in [2.05, 4.69) is 43.3 Å². The second-order valence-corrected chi connectivity index (χ2v) is 9.92. The Balaban J connectivity index is 1.56. The first-order valence-electron chi connectivity index (χ1n) is 9.92. The lowest BCUT2D eigenvalue weighted by Crippen LogP contribution is -2.26. The quantitative estimate of drug-likeness (QED) is 0.223. The molecule has 12 heteroatoms. The number of nitrogens with one attached hydrogen (secondary N) is 2. The Kier molecular flexibility index (Phi) is 9.85. The van der Waals surface area contributed by atoms with Crippen molar-refractivity contribution in [3.05, 3.63) is 80.0 Å². The third kappa shape index (κ3) is 7.23. The van der Waals surface area contributed by atoms with Crippen molar-refractivity contribution in [2.45, 2.75) is 18.1 Å². The molecule has 0 atom stereocenters. The minimum Gasteiger partial charge on any atom is -0.352 e. The minimum absolute atomic E-state index is 0.136. The zero-order valence-corrected chi connectivity index (χ0v) is 22.3. The van der Waals surface area contributed by atoms with Crippen molar-refractivity contribution in [3.63, 3.8) is 0 Å². The summed E-state index contributed by atoms with van der Waals surface area (Å²) in [5.74, 6) is 0.327. The van der Waals surface area contributed by atoms with Crippen LogP contribution in [0.5, 0.6) is 0 Å². The Labute approximate surface area is 224 Å². The van der Waals surface area contributed by atoms with Gasteiger partial charge in [-0.1, -0.05) is 52.6 Å². The van der Waals surface area contributed by atoms with Crippen molar-refractivity contribution in [1.82, 2.24) is 20.1 Å². The molecule has 0 unspecified atom stereocenters. The molecule has 3 rings (SSSR count). The second kappa shape index (κ2) is 12.6. The number of carbonyl (C=O) groups excluding carboxylic acids is 2. The van der Waals surface area contributed by atoms with Gasteiger partial charge in [-0.3, -0.25) is 9.59 Å². The molecule has 2 N–H and O–H groups in total. The van der Waals surface area contributed by atoms with Crippen LogP contribution in [0.1, 0.15) is 16.2 Å². The van der Waals surface area contributed by atoms with Gasteiger partial charge in [0.2, 0.25) is 5.91 Å². The third-order valence-corrected chi connectivity index (χ3v) is 7.40. The first-order valence-corrected chi connectivity index (χ1v) is 12.8. The molecule has 2 aromatic carbocycles. The maximum atomic E-state index is 12.4. The molecule has 7 nitrogen and oxygen atoms in total. The Morgan fingerprint density at radius 3 is 2.59 bits per heavy atom. The number of anilines is 1. The number of amides is 2. The first-order chi connectivity index (χ1) is 16.3. The minimum atomic E-state index is -0.271. The standard InChI is InChI=1S/C22H19BrCl3N5O2S/c1-2-9-31-19(7-8-27-21(33)13-3-6-16(24)18(26)10-13)29-30-22(31)34-12-20(32)28-14-4-5-15(23)17(25)11-14/h2-6,10-11H,1,7-9,12H2,(H,27,33)(H,28,32). The molecule has 0 bridgehead atoms. The van der Waals surface area contributed by atoms with E-state index in [1.54, 1.807) is 36.4 Å². The molecule has 178 valence electrons. The number of nitrogens with zero attached hydrogens (tertiary/aromatic N) is 3. The van der Waals surface area contributed by atoms with Gasteiger partial charge in [0, 0.05) is 35.2 Å². The Hall–Kier alpha value is -2.04. The van der Waals surface area contributed by atoms with E-state index in [0.29, 0.717) is 56.8 Å². The number of allylic oxidation sites excluding steroid dienone is 1. The van der Waals surface area contributed by atoms with Crippen LogP contribution in [0.4, 0.5) is 5.69 Å². The number of rotatable bonds is 10. The number of hydrogen-bond acceptors (Lipinski definition) is 5. The Bertz CT molecular complexity index is 1220. The summed E-state index contributed by atoms with van der Waals surface area (Å²) in [6.45, 7) is 4.58. The molecule has 0 saturated carbocycles. The molecular formula is C22H19BrCl3N5O2S. The fourth-order valence-corrected chi connectivity index (χ4v) is 4.34. The van der Waals surface area contributed by atoms with Gasteiger partial charge >= 0.3 is 0 Å². The zero-order valence-electron chi connectivity index (χ0n) is 17.7. The normalized spacial score (nSPS) is 10.7. The van der Waals surface area contributed by atoms with Crippen LogP contribution in [0.3, 0.4) is 0 Å². The Morgan fingerprint density at radius 1 is 1.09 bits per heavy atom. The maximum Gasteiger partial charge on any atom is 0.251 e. The molecule has 0 radical (unpaired) electrons. The Morgan fingerprint density at radius 2 is 1.88 bits per heavy atom. The molecule has 0 aliphatic carbocycles. The highest BCUT2D eigenvalue weighted by molar-refractivity contribution is 9.10. The highest BCUT2D eigenvalue weighted by atomic mass is 79.9. The van der Waals surface area contributed by atoms with Gasteiger partial charge < -0.3 is 15.2 Å². The summed E-state index contributed by atoms with van der Waals surface area (Å²) in [4.78, 5) is 24.7. The molecule has 2 amide bonds. The average molecular weight is 604 g/mol. The van der Waals surface area contributed by atoms with Gasteiger partial charge in [0.1, 0.15) is 5.82 Å². The molecule has 0 fully saturated rings. The molecule has 0 aliphatic heterocycles. The predicted octanol–water partition coefficient (Wildman–Crippen LogP) is 5.89. The molecule has 3 aromatic rings. The van der Waals surface area contributed by atoms with Crippen molar-refractivity contribution in [1.29, 1.82) is 0 Å². The van der Waals surface area contributed by atoms with Gasteiger partial charge in [0.25, 0.3) is 5.91 Å². The van der Waals surface area contributed by atoms with Crippen LogP contribution in [-0.4, -0.2) is 38.9 Å². The van der Waals surface area contributed by atoms with Gasteiger partial charge in [-0.2, -0.15) is 0 Å². The lowest BCUT2D eigenvalue weighted by atomic mass is 10.2. The van der Waals surface area contributed by atoms with Crippen molar-refractivity contribution in [3.8, 4) is 0 Å². The van der Waals surface area contributed by atoms with Crippen LogP contribution in [-0.2, 0) is 17.8 Å². The monoisotopic (exact) mass is 601 g/mol. The lowest BCUT2D eigenvalue weighted by Gasteiger charge is -2.09. The summed E-state index contributed by atoms with van der Waals surface area (Å²) < 4.78 is 2.60. The molecule has 1 heterocycles. The van der Waals surface area contributed by atoms with Crippen molar-refractivity contribution >= 4 is 80.0 Å². The third-order valence-electron chi connectivity index (χ3n) is 4.46. The van der Waals surface area contributed by atoms with E-state index in [1.165, 1.54) is 17.8 Å². The fourth-order valence-electron chi connectivity index (χ4n) is 2.85. The van der Waals surface area contributed by atoms with Crippen LogP contribution in [0.15, 0.2) is 58.7 Å². The predicted molar refractivity (Wildman–Crippen MR) is 141 cm³/mol. The van der Waals surface area contributed by atoms with E-state index in [0.717, 1.165) is 4.47 Å². The van der Waals surface area contributed by atoms with Crippen molar-refractivity contribution in [2.24, 2.45) is 0 Å². The van der Waals surface area contributed by atoms with E-state index < -0.39 is 0 Å². The van der Waals surface area contributed by atoms with Crippen LogP contribution >= 0.6 is 62.5 Å². The number of hydrogen-bond donors (Lipinski definition) is 2. The van der Waals surface area contributed by atoms with Crippen LogP contribution in [0.2, 0.25) is 15.1 Å². The van der Waals surface area contributed by atoms with Gasteiger partial charge in [-0.15, -0.1) is 16.8 Å². The van der Waals surface area contributed by atoms with Crippen LogP contribution in [0.25, 0.3) is 0 Å². The zero-order chi connectivity index (χ0) is 24.7. The van der Waals surface area contributed by atoms with E-state index in [1.807, 2.05) is 4.57 Å². The number of carbonyl (C=O) groups is 2. The number of thioether (sulfide) groups is 1. The summed E-state index contributed by atoms with van der Waals surface area (Å²) >= 11 is 22.5. The van der Waals surface area contributed by atoms with Crippen molar-refractivity contribution in [2.75, 3.05) is 17.6 Å². The topological polar surface area (TPSA) is 88.9 Å². The average Bonchev–Trinajstić information content (AvgIpc) is 3.18. The van der Waals surface area contributed by atoms with Crippen LogP contribution in [0, 0.1) is 0 Å². The highest BCUT2D eigenvalue weighted by Gasteiger charge is 2.15. The molecule has 34 heavy (non-hydrogen) atoms. The van der Waals surface area contributed by atoms with Gasteiger partial charge in [0.15, 0.2) is 5.16 Å². The summed E-state index contributed by atoms with van der Waals surface area (Å²) in [6, 6.07) is 9.87. The largest absolute Gasteiger partial charge is 0.352 e. The number of halogens is 4. The highest BCUT2D eigenvalue weighted by Crippen LogP contribution is 2.26. The second-order valence-electron chi connectivity index (χ2n) is 6.90. The number of benzene rings is 2. The SMILES string of the molecule is C=CCn1c(CCNC(=O)c2ccc(Cl)c(Cl)c2)nnc1SCC(=O)Nc1ccc(Br)c(Cl)c1. The van der Waals surface area contributed by atoms with E-state index >= 15 is 0 Å². The number of aromatic nitrogens is 3.